The largest absolute Gasteiger partial charge is 0.308 e. The Morgan fingerprint density at radius 3 is 2.58 bits per heavy atom. The topological polar surface area (TPSA) is 63.8 Å². The van der Waals surface area contributed by atoms with Crippen LogP contribution in [0.25, 0.3) is 0 Å². The Morgan fingerprint density at radius 2 is 1.95 bits per heavy atom. The van der Waals surface area contributed by atoms with Crippen LogP contribution in [0.3, 0.4) is 0 Å². The molecule has 2 aromatic rings. The molecule has 98 valence electrons. The van der Waals surface area contributed by atoms with Crippen molar-refractivity contribution in [3.05, 3.63) is 41.7 Å². The lowest BCUT2D eigenvalue weighted by molar-refractivity contribution is 0.862. The lowest BCUT2D eigenvalue weighted by Crippen LogP contribution is -2.13. The molecule has 3 rings (SSSR count). The van der Waals surface area contributed by atoms with Gasteiger partial charge in [-0.1, -0.05) is 30.0 Å². The first kappa shape index (κ1) is 12.4. The summed E-state index contributed by atoms with van der Waals surface area (Å²) in [5.74, 6) is 7.72. The predicted molar refractivity (Wildman–Crippen MR) is 77.1 cm³/mol. The second kappa shape index (κ2) is 5.19. The molecule has 5 heteroatoms. The van der Waals surface area contributed by atoms with Crippen LogP contribution in [0.2, 0.25) is 0 Å². The highest BCUT2D eigenvalue weighted by molar-refractivity contribution is 7.99. The van der Waals surface area contributed by atoms with Crippen molar-refractivity contribution in [2.45, 2.75) is 35.6 Å². The molecule has 0 spiro atoms. The van der Waals surface area contributed by atoms with Crippen LogP contribution in [0.4, 0.5) is 5.82 Å². The number of rotatable bonds is 4. The van der Waals surface area contributed by atoms with Gasteiger partial charge < -0.3 is 5.43 Å². The number of nitrogen functional groups attached to an aromatic ring is 1. The van der Waals surface area contributed by atoms with Crippen LogP contribution in [0, 0.1) is 6.92 Å². The molecule has 0 aliphatic heterocycles. The number of aromatic nitrogens is 2. The SMILES string of the molecule is Cc1c(NN)nc(C2CC2)nc1Sc1ccccc1. The van der Waals surface area contributed by atoms with Gasteiger partial charge in [0.1, 0.15) is 16.7 Å². The van der Waals surface area contributed by atoms with Crippen LogP contribution in [0.5, 0.6) is 0 Å². The molecule has 1 heterocycles. The highest BCUT2D eigenvalue weighted by Gasteiger charge is 2.28. The number of anilines is 1. The summed E-state index contributed by atoms with van der Waals surface area (Å²) in [4.78, 5) is 10.4. The fourth-order valence-electron chi connectivity index (χ4n) is 1.88. The summed E-state index contributed by atoms with van der Waals surface area (Å²) < 4.78 is 0. The Hall–Kier alpha value is -1.59. The van der Waals surface area contributed by atoms with E-state index in [1.165, 1.54) is 17.7 Å². The van der Waals surface area contributed by atoms with Gasteiger partial charge in [-0.05, 0) is 31.9 Å². The fourth-order valence-corrected chi connectivity index (χ4v) is 2.78. The monoisotopic (exact) mass is 272 g/mol. The highest BCUT2D eigenvalue weighted by Crippen LogP contribution is 2.40. The molecule has 1 aromatic carbocycles. The third kappa shape index (κ3) is 2.72. The Morgan fingerprint density at radius 1 is 1.21 bits per heavy atom. The molecular weight excluding hydrogens is 256 g/mol. The van der Waals surface area contributed by atoms with Crippen LogP contribution >= 0.6 is 11.8 Å². The van der Waals surface area contributed by atoms with E-state index in [1.807, 2.05) is 25.1 Å². The Bertz CT molecular complexity index is 581. The second-order valence-electron chi connectivity index (χ2n) is 4.69. The number of benzene rings is 1. The molecule has 0 bridgehead atoms. The average Bonchev–Trinajstić information content (AvgIpc) is 3.27. The van der Waals surface area contributed by atoms with Gasteiger partial charge in [0.25, 0.3) is 0 Å². The third-order valence-electron chi connectivity index (χ3n) is 3.16. The zero-order valence-corrected chi connectivity index (χ0v) is 11.6. The number of hydrogen-bond donors (Lipinski definition) is 2. The van der Waals surface area contributed by atoms with E-state index in [4.69, 9.17) is 10.8 Å². The Kier molecular flexibility index (Phi) is 3.40. The molecule has 1 aliphatic carbocycles. The summed E-state index contributed by atoms with van der Waals surface area (Å²) in [6.45, 7) is 2.00. The third-order valence-corrected chi connectivity index (χ3v) is 4.25. The maximum atomic E-state index is 5.55. The van der Waals surface area contributed by atoms with E-state index in [0.29, 0.717) is 5.92 Å². The molecule has 3 N–H and O–H groups in total. The number of nitrogens with one attached hydrogen (secondary N) is 1. The van der Waals surface area contributed by atoms with Crippen LogP contribution in [0.1, 0.15) is 30.1 Å². The molecule has 19 heavy (non-hydrogen) atoms. The predicted octanol–water partition coefficient (Wildman–Crippen LogP) is 3.10. The molecule has 1 saturated carbocycles. The van der Waals surface area contributed by atoms with Gasteiger partial charge in [-0.3, -0.25) is 0 Å². The standard InChI is InChI=1S/C14H16N4S/c1-9-12(18-15)16-13(10-7-8-10)17-14(9)19-11-5-3-2-4-6-11/h2-6,10H,7-8,15H2,1H3,(H,16,17,18). The quantitative estimate of drug-likeness (QED) is 0.508. The smallest absolute Gasteiger partial charge is 0.147 e. The molecule has 1 aliphatic rings. The van der Waals surface area contributed by atoms with E-state index in [1.54, 1.807) is 11.8 Å². The van der Waals surface area contributed by atoms with Crippen LogP contribution < -0.4 is 11.3 Å². The number of hydrogen-bond acceptors (Lipinski definition) is 5. The van der Waals surface area contributed by atoms with Gasteiger partial charge in [0.05, 0.1) is 0 Å². The molecule has 0 saturated heterocycles. The van der Waals surface area contributed by atoms with E-state index in [9.17, 15) is 0 Å². The van der Waals surface area contributed by atoms with Gasteiger partial charge in [-0.15, -0.1) is 0 Å². The van der Waals surface area contributed by atoms with E-state index < -0.39 is 0 Å². The molecule has 0 amide bonds. The number of nitrogens with zero attached hydrogens (tertiary/aromatic N) is 2. The van der Waals surface area contributed by atoms with Crippen LogP contribution in [-0.2, 0) is 0 Å². The van der Waals surface area contributed by atoms with E-state index in [2.05, 4.69) is 22.5 Å². The zero-order chi connectivity index (χ0) is 13.2. The summed E-state index contributed by atoms with van der Waals surface area (Å²) >= 11 is 1.66. The van der Waals surface area contributed by atoms with Gasteiger partial charge in [0.15, 0.2) is 0 Å². The molecular formula is C14H16N4S. The summed E-state index contributed by atoms with van der Waals surface area (Å²) in [7, 11) is 0. The fraction of sp³-hybridized carbons (Fsp3) is 0.286. The molecule has 0 radical (unpaired) electrons. The van der Waals surface area contributed by atoms with Crippen molar-refractivity contribution < 1.29 is 0 Å². The maximum absolute atomic E-state index is 5.55. The van der Waals surface area contributed by atoms with Gasteiger partial charge in [0, 0.05) is 16.4 Å². The van der Waals surface area contributed by atoms with Crippen molar-refractivity contribution in [2.75, 3.05) is 5.43 Å². The molecule has 0 unspecified atom stereocenters. The van der Waals surface area contributed by atoms with Crippen LogP contribution in [0.15, 0.2) is 40.3 Å². The molecule has 1 aromatic heterocycles. The summed E-state index contributed by atoms with van der Waals surface area (Å²) in [5, 5.41) is 0.982. The van der Waals surface area contributed by atoms with E-state index >= 15 is 0 Å². The first-order valence-corrected chi connectivity index (χ1v) is 7.17. The normalized spacial score (nSPS) is 14.4. The van der Waals surface area contributed by atoms with Crippen molar-refractivity contribution >= 4 is 17.6 Å². The zero-order valence-electron chi connectivity index (χ0n) is 10.8. The van der Waals surface area contributed by atoms with Crippen molar-refractivity contribution in [3.8, 4) is 0 Å². The summed E-state index contributed by atoms with van der Waals surface area (Å²) in [6.07, 6.45) is 2.37. The molecule has 4 nitrogen and oxygen atoms in total. The summed E-state index contributed by atoms with van der Waals surface area (Å²) in [6, 6.07) is 10.2. The minimum absolute atomic E-state index is 0.517. The first-order chi connectivity index (χ1) is 9.28. The highest BCUT2D eigenvalue weighted by atomic mass is 32.2. The average molecular weight is 272 g/mol. The molecule has 1 fully saturated rings. The van der Waals surface area contributed by atoms with Gasteiger partial charge >= 0.3 is 0 Å². The van der Waals surface area contributed by atoms with E-state index in [-0.39, 0.29) is 0 Å². The van der Waals surface area contributed by atoms with Crippen molar-refractivity contribution in [1.82, 2.24) is 9.97 Å². The minimum Gasteiger partial charge on any atom is -0.308 e. The van der Waals surface area contributed by atoms with Gasteiger partial charge in [-0.25, -0.2) is 15.8 Å². The second-order valence-corrected chi connectivity index (χ2v) is 5.76. The lowest BCUT2D eigenvalue weighted by atomic mass is 10.3. The Balaban J connectivity index is 1.97. The van der Waals surface area contributed by atoms with Gasteiger partial charge in [-0.2, -0.15) is 0 Å². The van der Waals surface area contributed by atoms with Crippen LogP contribution in [-0.4, -0.2) is 9.97 Å². The number of nitrogens with two attached hydrogens (primary N) is 1. The van der Waals surface area contributed by atoms with Crippen molar-refractivity contribution in [3.63, 3.8) is 0 Å². The first-order valence-electron chi connectivity index (χ1n) is 6.36. The van der Waals surface area contributed by atoms with E-state index in [0.717, 1.165) is 22.2 Å². The minimum atomic E-state index is 0.517. The number of hydrazine groups is 1. The van der Waals surface area contributed by atoms with Gasteiger partial charge in [0.2, 0.25) is 0 Å². The summed E-state index contributed by atoms with van der Waals surface area (Å²) in [5.41, 5.74) is 3.68. The lowest BCUT2D eigenvalue weighted by Gasteiger charge is -2.11. The van der Waals surface area contributed by atoms with Crippen molar-refractivity contribution in [2.24, 2.45) is 5.84 Å². The van der Waals surface area contributed by atoms with Crippen molar-refractivity contribution in [1.29, 1.82) is 0 Å². The molecule has 0 atom stereocenters. The Labute approximate surface area is 116 Å². The maximum Gasteiger partial charge on any atom is 0.147 e.